The normalized spacial score (nSPS) is 59.5. The van der Waals surface area contributed by atoms with E-state index in [-0.39, 0.29) is 17.3 Å². The van der Waals surface area contributed by atoms with Crippen LogP contribution in [0.25, 0.3) is 0 Å². The van der Waals surface area contributed by atoms with Crippen molar-refractivity contribution in [2.24, 2.45) is 28.6 Å². The maximum Gasteiger partial charge on any atom is 0.309 e. The summed E-state index contributed by atoms with van der Waals surface area (Å²) in [6.07, 6.45) is 6.51. The van der Waals surface area contributed by atoms with Gasteiger partial charge in [-0.05, 0) is 55.3 Å². The second-order valence-corrected chi connectivity index (χ2v) is 8.43. The van der Waals surface area contributed by atoms with Crippen molar-refractivity contribution in [3.8, 4) is 0 Å². The molecule has 5 rings (SSSR count). The predicted molar refractivity (Wildman–Crippen MR) is 70.3 cm³/mol. The number of cyclic esters (lactones) is 1. The van der Waals surface area contributed by atoms with E-state index in [9.17, 15) is 9.90 Å². The average molecular weight is 264 g/mol. The van der Waals surface area contributed by atoms with Gasteiger partial charge in [0.25, 0.3) is 0 Å². The van der Waals surface area contributed by atoms with Crippen LogP contribution in [0.4, 0.5) is 0 Å². The van der Waals surface area contributed by atoms with Crippen LogP contribution < -0.4 is 0 Å². The van der Waals surface area contributed by atoms with Crippen molar-refractivity contribution >= 4 is 5.97 Å². The molecule has 3 heteroatoms. The van der Waals surface area contributed by atoms with Crippen LogP contribution in [0.15, 0.2) is 0 Å². The highest BCUT2D eigenvalue weighted by Crippen LogP contribution is 2.69. The number of carbonyl (C=O) groups excluding carboxylic acids is 1. The Morgan fingerprint density at radius 3 is 2.58 bits per heavy atom. The quantitative estimate of drug-likeness (QED) is 0.740. The fourth-order valence-electron chi connectivity index (χ4n) is 6.68. The molecule has 0 spiro atoms. The zero-order valence-electron chi connectivity index (χ0n) is 11.9. The lowest BCUT2D eigenvalue weighted by Gasteiger charge is -2.66. The molecule has 0 amide bonds. The van der Waals surface area contributed by atoms with E-state index in [0.29, 0.717) is 23.9 Å². The summed E-state index contributed by atoms with van der Waals surface area (Å²) < 4.78 is 5.31. The molecular weight excluding hydrogens is 240 g/mol. The van der Waals surface area contributed by atoms with Gasteiger partial charge >= 0.3 is 5.97 Å². The van der Waals surface area contributed by atoms with E-state index in [1.54, 1.807) is 0 Å². The smallest absolute Gasteiger partial charge is 0.309 e. The standard InChI is InChI=1S/C16H24O3/c1-10-12(6-19-13(10)17)15-4-11-3-14(2,7-15)8-16(18,5-11)9-15/h10-12,18H,3-9H2,1-2H3. The van der Waals surface area contributed by atoms with Crippen molar-refractivity contribution in [2.45, 2.75) is 58.0 Å². The minimum atomic E-state index is -0.459. The van der Waals surface area contributed by atoms with Gasteiger partial charge in [0, 0.05) is 5.92 Å². The molecule has 106 valence electrons. The first-order chi connectivity index (χ1) is 8.83. The summed E-state index contributed by atoms with van der Waals surface area (Å²) in [4.78, 5) is 11.8. The number of rotatable bonds is 1. The lowest BCUT2D eigenvalue weighted by molar-refractivity contribution is -0.213. The van der Waals surface area contributed by atoms with Crippen molar-refractivity contribution in [2.75, 3.05) is 6.61 Å². The molecule has 4 saturated carbocycles. The number of carbonyl (C=O) groups is 1. The first kappa shape index (κ1) is 12.2. The van der Waals surface area contributed by atoms with Gasteiger partial charge in [0.2, 0.25) is 0 Å². The zero-order chi connectivity index (χ0) is 13.5. The number of ether oxygens (including phenoxy) is 1. The Labute approximate surface area is 114 Å². The van der Waals surface area contributed by atoms with Crippen LogP contribution in [0.5, 0.6) is 0 Å². The van der Waals surface area contributed by atoms with E-state index in [4.69, 9.17) is 4.74 Å². The molecule has 6 atom stereocenters. The zero-order valence-corrected chi connectivity index (χ0v) is 11.9. The molecule has 0 radical (unpaired) electrons. The van der Waals surface area contributed by atoms with Crippen molar-refractivity contribution in [3.05, 3.63) is 0 Å². The molecule has 0 aromatic carbocycles. The van der Waals surface area contributed by atoms with Crippen LogP contribution in [0, 0.1) is 28.6 Å². The highest BCUT2D eigenvalue weighted by molar-refractivity contribution is 5.74. The van der Waals surface area contributed by atoms with Gasteiger partial charge in [-0.15, -0.1) is 0 Å². The molecule has 1 saturated heterocycles. The molecule has 6 unspecified atom stereocenters. The van der Waals surface area contributed by atoms with E-state index >= 15 is 0 Å². The maximum atomic E-state index is 11.8. The molecule has 5 aliphatic rings. The van der Waals surface area contributed by atoms with Crippen molar-refractivity contribution in [1.82, 2.24) is 0 Å². The lowest BCUT2D eigenvalue weighted by Crippen LogP contribution is -2.61. The van der Waals surface area contributed by atoms with Gasteiger partial charge in [0.15, 0.2) is 0 Å². The summed E-state index contributed by atoms with van der Waals surface area (Å²) in [5.41, 5.74) is -0.00641. The molecule has 1 heterocycles. The van der Waals surface area contributed by atoms with Crippen molar-refractivity contribution < 1.29 is 14.6 Å². The average Bonchev–Trinajstić information content (AvgIpc) is 2.54. The topological polar surface area (TPSA) is 46.5 Å². The van der Waals surface area contributed by atoms with E-state index in [1.165, 1.54) is 19.3 Å². The third-order valence-corrected chi connectivity index (χ3v) is 6.53. The number of hydrogen-bond acceptors (Lipinski definition) is 3. The van der Waals surface area contributed by atoms with Gasteiger partial charge in [0.05, 0.1) is 18.1 Å². The van der Waals surface area contributed by atoms with Gasteiger partial charge in [-0.25, -0.2) is 0 Å². The minimum absolute atomic E-state index is 0.0171. The summed E-state index contributed by atoms with van der Waals surface area (Å²) in [6.45, 7) is 4.95. The highest BCUT2D eigenvalue weighted by atomic mass is 16.5. The Hall–Kier alpha value is -0.570. The fraction of sp³-hybridized carbons (Fsp3) is 0.938. The number of hydrogen-bond donors (Lipinski definition) is 1. The molecule has 0 aromatic heterocycles. The second-order valence-electron chi connectivity index (χ2n) is 8.43. The second kappa shape index (κ2) is 3.36. The van der Waals surface area contributed by atoms with E-state index < -0.39 is 5.60 Å². The van der Waals surface area contributed by atoms with E-state index in [2.05, 4.69) is 6.92 Å². The van der Waals surface area contributed by atoms with E-state index in [1.807, 2.05) is 6.92 Å². The van der Waals surface area contributed by atoms with Crippen molar-refractivity contribution in [3.63, 3.8) is 0 Å². The Morgan fingerprint density at radius 1 is 1.21 bits per heavy atom. The Bertz CT molecular complexity index is 425. The number of esters is 1. The summed E-state index contributed by atoms with van der Waals surface area (Å²) in [5.74, 6) is 0.977. The van der Waals surface area contributed by atoms with Crippen LogP contribution in [-0.2, 0) is 9.53 Å². The third kappa shape index (κ3) is 1.57. The van der Waals surface area contributed by atoms with Crippen LogP contribution in [-0.4, -0.2) is 23.3 Å². The Morgan fingerprint density at radius 2 is 2.00 bits per heavy atom. The van der Waals surface area contributed by atoms with Gasteiger partial charge in [0.1, 0.15) is 0 Å². The summed E-state index contributed by atoms with van der Waals surface area (Å²) in [7, 11) is 0. The minimum Gasteiger partial charge on any atom is -0.465 e. The molecule has 5 fully saturated rings. The lowest BCUT2D eigenvalue weighted by atomic mass is 9.40. The summed E-state index contributed by atoms with van der Waals surface area (Å²) >= 11 is 0. The molecular formula is C16H24O3. The van der Waals surface area contributed by atoms with Gasteiger partial charge in [-0.3, -0.25) is 4.79 Å². The van der Waals surface area contributed by atoms with Gasteiger partial charge < -0.3 is 9.84 Å². The fourth-order valence-corrected chi connectivity index (χ4v) is 6.68. The monoisotopic (exact) mass is 264 g/mol. The molecule has 3 nitrogen and oxygen atoms in total. The highest BCUT2D eigenvalue weighted by Gasteiger charge is 2.65. The summed E-state index contributed by atoms with van der Waals surface area (Å²) in [5, 5.41) is 10.9. The summed E-state index contributed by atoms with van der Waals surface area (Å²) in [6, 6.07) is 0. The predicted octanol–water partition coefficient (Wildman–Crippen LogP) is 2.52. The van der Waals surface area contributed by atoms with Crippen LogP contribution in [0.1, 0.15) is 52.4 Å². The van der Waals surface area contributed by atoms with Crippen molar-refractivity contribution in [1.29, 1.82) is 0 Å². The van der Waals surface area contributed by atoms with Crippen LogP contribution in [0.3, 0.4) is 0 Å². The van der Waals surface area contributed by atoms with Crippen LogP contribution in [0.2, 0.25) is 0 Å². The third-order valence-electron chi connectivity index (χ3n) is 6.53. The van der Waals surface area contributed by atoms with Gasteiger partial charge in [-0.2, -0.15) is 0 Å². The Balaban J connectivity index is 1.73. The first-order valence-electron chi connectivity index (χ1n) is 7.72. The Kier molecular flexibility index (Phi) is 2.16. The molecule has 4 aliphatic carbocycles. The molecule has 1 N–H and O–H groups in total. The van der Waals surface area contributed by atoms with Crippen LogP contribution >= 0.6 is 0 Å². The largest absolute Gasteiger partial charge is 0.465 e. The maximum absolute atomic E-state index is 11.8. The molecule has 1 aliphatic heterocycles. The van der Waals surface area contributed by atoms with E-state index in [0.717, 1.165) is 19.3 Å². The molecule has 0 aromatic rings. The molecule has 4 bridgehead atoms. The number of aliphatic hydroxyl groups is 1. The first-order valence-corrected chi connectivity index (χ1v) is 7.72. The molecule has 19 heavy (non-hydrogen) atoms. The SMILES string of the molecule is CC1C(=O)OCC1C12CC3CC(C)(CC(O)(C3)C1)C2. The van der Waals surface area contributed by atoms with Gasteiger partial charge in [-0.1, -0.05) is 13.8 Å².